The fraction of sp³-hybridized carbons (Fsp3) is 0.391. The molecule has 0 fully saturated rings. The van der Waals surface area contributed by atoms with E-state index in [1.165, 1.54) is 0 Å². The van der Waals surface area contributed by atoms with Crippen LogP contribution < -0.4 is 20.1 Å². The van der Waals surface area contributed by atoms with E-state index in [2.05, 4.69) is 26.6 Å². The molecule has 0 bridgehead atoms. The van der Waals surface area contributed by atoms with Gasteiger partial charge in [0.25, 0.3) is 5.91 Å². The van der Waals surface area contributed by atoms with Gasteiger partial charge in [0, 0.05) is 22.2 Å². The molecule has 0 aromatic heterocycles. The van der Waals surface area contributed by atoms with Gasteiger partial charge in [0.05, 0.1) is 12.2 Å². The molecule has 0 heterocycles. The molecule has 31 heavy (non-hydrogen) atoms. The lowest BCUT2D eigenvalue weighted by Gasteiger charge is -2.21. The van der Waals surface area contributed by atoms with Gasteiger partial charge < -0.3 is 25.2 Å². The first-order valence-corrected chi connectivity index (χ1v) is 10.8. The van der Waals surface area contributed by atoms with Gasteiger partial charge in [0.15, 0.2) is 18.1 Å². The number of nitrogens with one attached hydrogen (secondary N) is 2. The molecule has 0 aliphatic rings. The maximum Gasteiger partial charge on any atom is 0.336 e. The summed E-state index contributed by atoms with van der Waals surface area (Å²) in [6.45, 7) is 10.1. The van der Waals surface area contributed by atoms with E-state index in [1.807, 2.05) is 39.8 Å². The summed E-state index contributed by atoms with van der Waals surface area (Å²) in [4.78, 5) is 23.4. The van der Waals surface area contributed by atoms with Crippen LogP contribution in [0.15, 0.2) is 34.8 Å². The number of hydrogen-bond donors (Lipinski definition) is 3. The predicted octanol–water partition coefficient (Wildman–Crippen LogP) is 4.76. The van der Waals surface area contributed by atoms with Gasteiger partial charge in [-0.25, -0.2) is 4.79 Å². The number of benzene rings is 2. The molecule has 2 aromatic rings. The molecule has 0 aliphatic carbocycles. The molecule has 0 spiro atoms. The first-order valence-electron chi connectivity index (χ1n) is 9.97. The van der Waals surface area contributed by atoms with Gasteiger partial charge in [-0.1, -0.05) is 22.0 Å². The summed E-state index contributed by atoms with van der Waals surface area (Å²) in [6, 6.07) is 8.73. The first kappa shape index (κ1) is 24.5. The van der Waals surface area contributed by atoms with Crippen molar-refractivity contribution in [2.24, 2.45) is 0 Å². The van der Waals surface area contributed by atoms with Crippen LogP contribution in [0.25, 0.3) is 0 Å². The molecule has 1 amide bonds. The fourth-order valence-electron chi connectivity index (χ4n) is 2.94. The topological polar surface area (TPSA) is 96.9 Å². The Kier molecular flexibility index (Phi) is 8.33. The van der Waals surface area contributed by atoms with Crippen LogP contribution in [0.5, 0.6) is 11.5 Å². The summed E-state index contributed by atoms with van der Waals surface area (Å²) in [5, 5.41) is 15.4. The third-order valence-electron chi connectivity index (χ3n) is 4.32. The Balaban J connectivity index is 2.17. The molecule has 3 N–H and O–H groups in total. The Labute approximate surface area is 191 Å². The van der Waals surface area contributed by atoms with Gasteiger partial charge in [-0.05, 0) is 70.0 Å². The lowest BCUT2D eigenvalue weighted by Crippen LogP contribution is -2.43. The number of aromatic carboxylic acids is 1. The van der Waals surface area contributed by atoms with Crippen molar-refractivity contribution >= 4 is 33.5 Å². The van der Waals surface area contributed by atoms with E-state index < -0.39 is 5.97 Å². The number of carbonyl (C=O) groups is 2. The fourth-order valence-corrected chi connectivity index (χ4v) is 3.40. The molecule has 0 radical (unpaired) electrons. The van der Waals surface area contributed by atoms with Crippen molar-refractivity contribution < 1.29 is 24.2 Å². The second-order valence-corrected chi connectivity index (χ2v) is 8.90. The molecule has 2 aromatic carbocycles. The van der Waals surface area contributed by atoms with Gasteiger partial charge in [0.1, 0.15) is 0 Å². The van der Waals surface area contributed by atoms with Crippen LogP contribution in [0.3, 0.4) is 0 Å². The summed E-state index contributed by atoms with van der Waals surface area (Å²) in [5.74, 6) is -0.184. The Bertz CT molecular complexity index is 954. The predicted molar refractivity (Wildman–Crippen MR) is 124 cm³/mol. The molecule has 8 heteroatoms. The number of halogens is 1. The summed E-state index contributed by atoms with van der Waals surface area (Å²) in [7, 11) is 0. The molecule has 7 nitrogen and oxygen atoms in total. The van der Waals surface area contributed by atoms with Gasteiger partial charge in [-0.3, -0.25) is 4.79 Å². The minimum Gasteiger partial charge on any atom is -0.490 e. The summed E-state index contributed by atoms with van der Waals surface area (Å²) in [5.41, 5.74) is 2.23. The van der Waals surface area contributed by atoms with Crippen molar-refractivity contribution in [2.45, 2.75) is 46.7 Å². The van der Waals surface area contributed by atoms with Crippen LogP contribution in [0.2, 0.25) is 0 Å². The van der Waals surface area contributed by atoms with E-state index in [9.17, 15) is 14.7 Å². The van der Waals surface area contributed by atoms with Crippen LogP contribution >= 0.6 is 15.9 Å². The number of carboxylic acids is 1. The molecule has 0 saturated carbocycles. The SMILES string of the molecule is CCOc1cc(CNc2cccc(C(=O)O)c2C)c(Br)cc1OCC(=O)NC(C)(C)C. The highest BCUT2D eigenvalue weighted by molar-refractivity contribution is 9.10. The summed E-state index contributed by atoms with van der Waals surface area (Å²) in [6.07, 6.45) is 0. The number of rotatable bonds is 9. The minimum absolute atomic E-state index is 0.122. The lowest BCUT2D eigenvalue weighted by molar-refractivity contribution is -0.124. The van der Waals surface area contributed by atoms with Crippen LogP contribution in [0.4, 0.5) is 5.69 Å². The maximum absolute atomic E-state index is 12.1. The molecular weight excluding hydrogens is 464 g/mol. The zero-order chi connectivity index (χ0) is 23.2. The Hall–Kier alpha value is -2.74. The smallest absolute Gasteiger partial charge is 0.336 e. The number of carbonyl (C=O) groups excluding carboxylic acids is 1. The monoisotopic (exact) mass is 492 g/mol. The molecule has 0 aliphatic heterocycles. The highest BCUT2D eigenvalue weighted by atomic mass is 79.9. The third kappa shape index (κ3) is 7.17. The van der Waals surface area contributed by atoms with E-state index in [0.29, 0.717) is 30.2 Å². The Morgan fingerprint density at radius 2 is 1.81 bits per heavy atom. The Morgan fingerprint density at radius 3 is 2.42 bits per heavy atom. The largest absolute Gasteiger partial charge is 0.490 e. The van der Waals surface area contributed by atoms with Gasteiger partial charge >= 0.3 is 5.97 Å². The average Bonchev–Trinajstić information content (AvgIpc) is 2.66. The number of carboxylic acid groups (broad SMARTS) is 1. The minimum atomic E-state index is -0.960. The molecular formula is C23H29BrN2O5. The molecule has 168 valence electrons. The number of amides is 1. The lowest BCUT2D eigenvalue weighted by atomic mass is 10.1. The normalized spacial score (nSPS) is 11.0. The third-order valence-corrected chi connectivity index (χ3v) is 5.06. The zero-order valence-electron chi connectivity index (χ0n) is 18.5. The second-order valence-electron chi connectivity index (χ2n) is 8.05. The average molecular weight is 493 g/mol. The number of ether oxygens (including phenoxy) is 2. The van der Waals surface area contributed by atoms with E-state index in [1.54, 1.807) is 25.1 Å². The van der Waals surface area contributed by atoms with E-state index >= 15 is 0 Å². The van der Waals surface area contributed by atoms with E-state index in [-0.39, 0.29) is 23.6 Å². The van der Waals surface area contributed by atoms with Crippen LogP contribution in [0.1, 0.15) is 49.2 Å². The quantitative estimate of drug-likeness (QED) is 0.466. The van der Waals surface area contributed by atoms with Gasteiger partial charge in [0.2, 0.25) is 0 Å². The van der Waals surface area contributed by atoms with Crippen molar-refractivity contribution in [3.05, 3.63) is 51.5 Å². The van der Waals surface area contributed by atoms with Crippen molar-refractivity contribution in [2.75, 3.05) is 18.5 Å². The number of hydrogen-bond acceptors (Lipinski definition) is 5. The highest BCUT2D eigenvalue weighted by Crippen LogP contribution is 2.34. The summed E-state index contributed by atoms with van der Waals surface area (Å²) < 4.78 is 12.2. The van der Waals surface area contributed by atoms with Crippen LogP contribution in [-0.2, 0) is 11.3 Å². The Morgan fingerprint density at radius 1 is 1.13 bits per heavy atom. The van der Waals surface area contributed by atoms with Crippen molar-refractivity contribution in [3.63, 3.8) is 0 Å². The molecule has 0 saturated heterocycles. The van der Waals surface area contributed by atoms with Gasteiger partial charge in [-0.15, -0.1) is 0 Å². The highest BCUT2D eigenvalue weighted by Gasteiger charge is 2.17. The summed E-state index contributed by atoms with van der Waals surface area (Å²) >= 11 is 3.55. The van der Waals surface area contributed by atoms with Crippen molar-refractivity contribution in [1.29, 1.82) is 0 Å². The second kappa shape index (κ2) is 10.5. The van der Waals surface area contributed by atoms with E-state index in [4.69, 9.17) is 9.47 Å². The molecule has 0 atom stereocenters. The van der Waals surface area contributed by atoms with Crippen LogP contribution in [-0.4, -0.2) is 35.7 Å². The van der Waals surface area contributed by atoms with E-state index in [0.717, 1.165) is 15.7 Å². The first-order chi connectivity index (χ1) is 14.5. The molecule has 0 unspecified atom stereocenters. The van der Waals surface area contributed by atoms with Gasteiger partial charge in [-0.2, -0.15) is 0 Å². The zero-order valence-corrected chi connectivity index (χ0v) is 20.1. The number of anilines is 1. The molecule has 2 rings (SSSR count). The standard InChI is InChI=1S/C23H29BrN2O5/c1-6-30-19-10-15(12-25-18-9-7-8-16(14(18)2)22(28)29)17(24)11-20(19)31-13-21(27)26-23(3,4)5/h7-11,25H,6,12-13H2,1-5H3,(H,26,27)(H,28,29). The van der Waals surface area contributed by atoms with Crippen molar-refractivity contribution in [3.8, 4) is 11.5 Å². The maximum atomic E-state index is 12.1. The van der Waals surface area contributed by atoms with Crippen LogP contribution in [0, 0.1) is 6.92 Å². The van der Waals surface area contributed by atoms with Crippen molar-refractivity contribution in [1.82, 2.24) is 5.32 Å².